The molecule has 1 heterocycles. The Morgan fingerprint density at radius 1 is 1.00 bits per heavy atom. The van der Waals surface area contributed by atoms with Crippen LogP contribution in [0.4, 0.5) is 17.5 Å². The highest BCUT2D eigenvalue weighted by atomic mass is 16.6. The van der Waals surface area contributed by atoms with Crippen LogP contribution < -0.4 is 16.2 Å². The van der Waals surface area contributed by atoms with E-state index in [9.17, 15) is 15.4 Å². The lowest BCUT2D eigenvalue weighted by Gasteiger charge is -2.09. The molecule has 0 saturated carbocycles. The largest absolute Gasteiger partial charge is 0.457 e. The third kappa shape index (κ3) is 3.34. The molecule has 9 heteroatoms. The topological polar surface area (TPSA) is 154 Å². The first-order valence-corrected chi connectivity index (χ1v) is 7.34. The average Bonchev–Trinajstić information content (AvgIpc) is 2.62. The fourth-order valence-corrected chi connectivity index (χ4v) is 2.27. The molecule has 1 aromatic heterocycles. The fraction of sp³-hybridized carbons (Fsp3) is 0. The molecule has 0 aliphatic carbocycles. The molecule has 0 aliphatic rings. The third-order valence-electron chi connectivity index (χ3n) is 3.48. The smallest absolute Gasteiger partial charge is 0.269 e. The predicted molar refractivity (Wildman–Crippen MR) is 94.2 cm³/mol. The number of non-ortho nitro benzene ring substituents is 1. The average molecular weight is 348 g/mol. The third-order valence-corrected chi connectivity index (χ3v) is 3.48. The summed E-state index contributed by atoms with van der Waals surface area (Å²) in [6, 6.07) is 14.4. The summed E-state index contributed by atoms with van der Waals surface area (Å²) in [5, 5.41) is 19.9. The number of nitrogen functional groups attached to an aromatic ring is 2. The Morgan fingerprint density at radius 2 is 1.58 bits per heavy atom. The Hall–Kier alpha value is -4.19. The number of aromatic nitrogens is 2. The van der Waals surface area contributed by atoms with Gasteiger partial charge in [-0.3, -0.25) is 10.1 Å². The Balaban J connectivity index is 1.85. The molecule has 0 aliphatic heterocycles. The lowest BCUT2D eigenvalue weighted by atomic mass is 10.1. The van der Waals surface area contributed by atoms with E-state index in [2.05, 4.69) is 9.97 Å². The molecule has 0 bridgehead atoms. The second-order valence-electron chi connectivity index (χ2n) is 5.18. The minimum atomic E-state index is -0.482. The van der Waals surface area contributed by atoms with E-state index < -0.39 is 4.92 Å². The first-order valence-electron chi connectivity index (χ1n) is 7.34. The molecular weight excluding hydrogens is 336 g/mol. The molecule has 0 atom stereocenters. The van der Waals surface area contributed by atoms with Crippen LogP contribution in [0.2, 0.25) is 0 Å². The standard InChI is InChI=1S/C17H12N6O3/c18-9-14-15(21-17(20)22-16(14)19)10-1-5-12(6-2-10)26-13-7-3-11(4-8-13)23(24)25/h1-8H,(H4,19,20,21,22). The number of ether oxygens (including phenoxy) is 1. The van der Waals surface area contributed by atoms with Gasteiger partial charge >= 0.3 is 0 Å². The van der Waals surface area contributed by atoms with Crippen molar-refractivity contribution >= 4 is 17.5 Å². The summed E-state index contributed by atoms with van der Waals surface area (Å²) >= 11 is 0. The summed E-state index contributed by atoms with van der Waals surface area (Å²) in [4.78, 5) is 18.0. The van der Waals surface area contributed by atoms with E-state index in [-0.39, 0.29) is 23.0 Å². The second-order valence-corrected chi connectivity index (χ2v) is 5.18. The van der Waals surface area contributed by atoms with Crippen LogP contribution in [-0.4, -0.2) is 14.9 Å². The van der Waals surface area contributed by atoms with Crippen LogP contribution in [0.15, 0.2) is 48.5 Å². The molecule has 4 N–H and O–H groups in total. The van der Waals surface area contributed by atoms with Crippen molar-refractivity contribution in [1.82, 2.24) is 9.97 Å². The Kier molecular flexibility index (Phi) is 4.32. The van der Waals surface area contributed by atoms with Gasteiger partial charge in [-0.1, -0.05) is 0 Å². The van der Waals surface area contributed by atoms with Gasteiger partial charge in [-0.2, -0.15) is 10.2 Å². The van der Waals surface area contributed by atoms with Crippen LogP contribution in [0.25, 0.3) is 11.3 Å². The highest BCUT2D eigenvalue weighted by Crippen LogP contribution is 2.29. The molecular formula is C17H12N6O3. The monoisotopic (exact) mass is 348 g/mol. The minimum Gasteiger partial charge on any atom is -0.457 e. The van der Waals surface area contributed by atoms with E-state index in [1.807, 2.05) is 6.07 Å². The summed E-state index contributed by atoms with van der Waals surface area (Å²) in [5.74, 6) is 0.955. The molecule has 0 radical (unpaired) electrons. The molecule has 3 rings (SSSR count). The zero-order valence-corrected chi connectivity index (χ0v) is 13.3. The first-order chi connectivity index (χ1) is 12.5. The number of nitrogens with zero attached hydrogens (tertiary/aromatic N) is 4. The zero-order chi connectivity index (χ0) is 18.7. The lowest BCUT2D eigenvalue weighted by Crippen LogP contribution is -2.04. The van der Waals surface area contributed by atoms with Crippen molar-refractivity contribution in [1.29, 1.82) is 5.26 Å². The number of rotatable bonds is 4. The van der Waals surface area contributed by atoms with Gasteiger partial charge in [-0.05, 0) is 36.4 Å². The van der Waals surface area contributed by atoms with Gasteiger partial charge in [-0.15, -0.1) is 0 Å². The number of nitro benzene ring substituents is 1. The second kappa shape index (κ2) is 6.74. The van der Waals surface area contributed by atoms with E-state index >= 15 is 0 Å². The van der Waals surface area contributed by atoms with Gasteiger partial charge in [0.2, 0.25) is 5.95 Å². The number of anilines is 2. The normalized spacial score (nSPS) is 10.1. The van der Waals surface area contributed by atoms with Crippen molar-refractivity contribution in [2.75, 3.05) is 11.5 Å². The lowest BCUT2D eigenvalue weighted by molar-refractivity contribution is -0.384. The van der Waals surface area contributed by atoms with Gasteiger partial charge in [0.15, 0.2) is 0 Å². The Labute approximate surface area is 147 Å². The summed E-state index contributed by atoms with van der Waals surface area (Å²) in [6.07, 6.45) is 0. The summed E-state index contributed by atoms with van der Waals surface area (Å²) < 4.78 is 5.64. The zero-order valence-electron chi connectivity index (χ0n) is 13.3. The molecule has 3 aromatic rings. The van der Waals surface area contributed by atoms with Crippen LogP contribution in [0.1, 0.15) is 5.56 Å². The maximum absolute atomic E-state index is 10.7. The Morgan fingerprint density at radius 3 is 2.12 bits per heavy atom. The van der Waals surface area contributed by atoms with Crippen molar-refractivity contribution in [3.05, 3.63) is 64.2 Å². The van der Waals surface area contributed by atoms with Crippen LogP contribution in [-0.2, 0) is 0 Å². The molecule has 9 nitrogen and oxygen atoms in total. The van der Waals surface area contributed by atoms with E-state index in [4.69, 9.17) is 16.2 Å². The molecule has 0 unspecified atom stereocenters. The molecule has 0 spiro atoms. The van der Waals surface area contributed by atoms with Gasteiger partial charge < -0.3 is 16.2 Å². The van der Waals surface area contributed by atoms with Crippen molar-refractivity contribution in [3.8, 4) is 28.8 Å². The molecule has 0 saturated heterocycles. The quantitative estimate of drug-likeness (QED) is 0.538. The van der Waals surface area contributed by atoms with Crippen molar-refractivity contribution < 1.29 is 9.66 Å². The van der Waals surface area contributed by atoms with Crippen molar-refractivity contribution in [2.24, 2.45) is 0 Å². The van der Waals surface area contributed by atoms with E-state index in [1.165, 1.54) is 24.3 Å². The van der Waals surface area contributed by atoms with Gasteiger partial charge in [0.05, 0.1) is 10.6 Å². The highest BCUT2D eigenvalue weighted by molar-refractivity contribution is 5.73. The van der Waals surface area contributed by atoms with Gasteiger partial charge in [0.1, 0.15) is 28.9 Å². The minimum absolute atomic E-state index is 0.0150. The summed E-state index contributed by atoms with van der Waals surface area (Å²) in [5.41, 5.74) is 12.4. The van der Waals surface area contributed by atoms with Crippen LogP contribution in [0.5, 0.6) is 11.5 Å². The molecule has 2 aromatic carbocycles. The number of nitrogens with two attached hydrogens (primary N) is 2. The molecule has 128 valence electrons. The van der Waals surface area contributed by atoms with E-state index in [0.29, 0.717) is 22.8 Å². The van der Waals surface area contributed by atoms with Gasteiger partial charge in [0.25, 0.3) is 5.69 Å². The fourth-order valence-electron chi connectivity index (χ4n) is 2.27. The van der Waals surface area contributed by atoms with Crippen molar-refractivity contribution in [2.45, 2.75) is 0 Å². The van der Waals surface area contributed by atoms with Gasteiger partial charge in [0, 0.05) is 17.7 Å². The summed E-state index contributed by atoms with van der Waals surface area (Å²) in [6.45, 7) is 0. The maximum Gasteiger partial charge on any atom is 0.269 e. The van der Waals surface area contributed by atoms with Crippen LogP contribution >= 0.6 is 0 Å². The summed E-state index contributed by atoms with van der Waals surface area (Å²) in [7, 11) is 0. The van der Waals surface area contributed by atoms with E-state index in [1.54, 1.807) is 24.3 Å². The molecule has 0 fully saturated rings. The van der Waals surface area contributed by atoms with Gasteiger partial charge in [-0.25, -0.2) is 4.98 Å². The van der Waals surface area contributed by atoms with Crippen LogP contribution in [0, 0.1) is 21.4 Å². The van der Waals surface area contributed by atoms with Crippen molar-refractivity contribution in [3.63, 3.8) is 0 Å². The molecule has 0 amide bonds. The van der Waals surface area contributed by atoms with Crippen LogP contribution in [0.3, 0.4) is 0 Å². The molecule has 26 heavy (non-hydrogen) atoms. The van der Waals surface area contributed by atoms with E-state index in [0.717, 1.165) is 0 Å². The number of nitriles is 1. The first kappa shape index (κ1) is 16.7. The number of benzene rings is 2. The Bertz CT molecular complexity index is 1010. The number of nitro groups is 1. The SMILES string of the molecule is N#Cc1c(N)nc(N)nc1-c1ccc(Oc2ccc([N+](=O)[O-])cc2)cc1. The number of hydrogen-bond acceptors (Lipinski definition) is 8. The maximum atomic E-state index is 10.7. The highest BCUT2D eigenvalue weighted by Gasteiger charge is 2.13. The number of hydrogen-bond donors (Lipinski definition) is 2. The predicted octanol–water partition coefficient (Wildman–Crippen LogP) is 2.88.